The van der Waals surface area contributed by atoms with Crippen LogP contribution in [0.25, 0.3) is 0 Å². The van der Waals surface area contributed by atoms with Crippen molar-refractivity contribution in [1.82, 2.24) is 15.4 Å². The maximum atomic E-state index is 13.4. The highest BCUT2D eigenvalue weighted by molar-refractivity contribution is 5.90. The molecule has 1 unspecified atom stereocenters. The predicted molar refractivity (Wildman–Crippen MR) is 106 cm³/mol. The number of rotatable bonds is 7. The van der Waals surface area contributed by atoms with Crippen LogP contribution in [-0.2, 0) is 25.7 Å². The first-order chi connectivity index (χ1) is 14.4. The molecule has 30 heavy (non-hydrogen) atoms. The van der Waals surface area contributed by atoms with Gasteiger partial charge in [0.2, 0.25) is 5.91 Å². The molecule has 3 atom stereocenters. The van der Waals surface area contributed by atoms with Crippen molar-refractivity contribution in [3.05, 3.63) is 53.4 Å². The molecule has 2 fully saturated rings. The average Bonchev–Trinajstić information content (AvgIpc) is 3.34. The van der Waals surface area contributed by atoms with Gasteiger partial charge in [0.1, 0.15) is 11.5 Å². The van der Waals surface area contributed by atoms with Crippen molar-refractivity contribution in [2.75, 3.05) is 6.54 Å². The van der Waals surface area contributed by atoms with Gasteiger partial charge >= 0.3 is 5.97 Å². The number of esters is 1. The highest BCUT2D eigenvalue weighted by Crippen LogP contribution is 2.38. The Kier molecular flexibility index (Phi) is 5.57. The lowest BCUT2D eigenvalue weighted by molar-refractivity contribution is -0.157. The monoisotopic (exact) mass is 411 g/mol. The Balaban J connectivity index is 1.64. The van der Waals surface area contributed by atoms with Crippen LogP contribution in [0.3, 0.4) is 0 Å². The fourth-order valence-corrected chi connectivity index (χ4v) is 4.01. The van der Waals surface area contributed by atoms with E-state index in [4.69, 9.17) is 9.26 Å². The average molecular weight is 411 g/mol. The molecule has 2 aromatic rings. The molecule has 1 saturated heterocycles. The largest absolute Gasteiger partial charge is 0.452 e. The van der Waals surface area contributed by atoms with Gasteiger partial charge in [0.05, 0.1) is 12.5 Å². The number of amides is 2. The zero-order valence-electron chi connectivity index (χ0n) is 17.0. The van der Waals surface area contributed by atoms with Crippen LogP contribution >= 0.6 is 0 Å². The van der Waals surface area contributed by atoms with E-state index in [1.165, 1.54) is 6.92 Å². The van der Waals surface area contributed by atoms with Gasteiger partial charge in [-0.05, 0) is 25.3 Å². The van der Waals surface area contributed by atoms with Crippen molar-refractivity contribution in [3.8, 4) is 0 Å². The molecule has 4 rings (SSSR count). The van der Waals surface area contributed by atoms with Crippen LogP contribution in [-0.4, -0.2) is 46.5 Å². The maximum absolute atomic E-state index is 13.4. The molecule has 1 saturated carbocycles. The Bertz CT molecular complexity index is 937. The van der Waals surface area contributed by atoms with Crippen molar-refractivity contribution >= 4 is 17.8 Å². The maximum Gasteiger partial charge on any atom is 0.303 e. The van der Waals surface area contributed by atoms with E-state index in [2.05, 4.69) is 10.5 Å². The number of nitrogens with zero attached hydrogens (tertiary/aromatic N) is 2. The summed E-state index contributed by atoms with van der Waals surface area (Å²) in [5.41, 5.74) is 1.43. The van der Waals surface area contributed by atoms with E-state index in [0.29, 0.717) is 11.5 Å². The van der Waals surface area contributed by atoms with Crippen LogP contribution in [0, 0.1) is 12.8 Å². The van der Waals surface area contributed by atoms with Gasteiger partial charge < -0.3 is 19.5 Å². The van der Waals surface area contributed by atoms with Crippen molar-refractivity contribution in [2.24, 2.45) is 5.92 Å². The fraction of sp³-hybridized carbons (Fsp3) is 0.455. The second-order valence-electron chi connectivity index (χ2n) is 8.01. The van der Waals surface area contributed by atoms with E-state index >= 15 is 0 Å². The molecule has 0 bridgehead atoms. The lowest BCUT2D eigenvalue weighted by Gasteiger charge is -2.26. The third-order valence-electron chi connectivity index (χ3n) is 5.49. The first kappa shape index (κ1) is 20.1. The molecule has 0 radical (unpaired) electrons. The fourth-order valence-electron chi connectivity index (χ4n) is 4.01. The van der Waals surface area contributed by atoms with Gasteiger partial charge in [-0.25, -0.2) is 0 Å². The molecule has 158 valence electrons. The first-order valence-electron chi connectivity index (χ1n) is 10.2. The van der Waals surface area contributed by atoms with Crippen molar-refractivity contribution < 1.29 is 23.6 Å². The summed E-state index contributed by atoms with van der Waals surface area (Å²) in [4.78, 5) is 39.7. The van der Waals surface area contributed by atoms with Crippen LogP contribution < -0.4 is 5.32 Å². The second-order valence-corrected chi connectivity index (χ2v) is 8.01. The van der Waals surface area contributed by atoms with Gasteiger partial charge in [-0.2, -0.15) is 0 Å². The number of benzene rings is 1. The van der Waals surface area contributed by atoms with Crippen LogP contribution in [0.1, 0.15) is 42.7 Å². The number of carbonyl (C=O) groups is 3. The normalized spacial score (nSPS) is 22.1. The smallest absolute Gasteiger partial charge is 0.303 e. The van der Waals surface area contributed by atoms with Crippen LogP contribution in [0.2, 0.25) is 0 Å². The number of ether oxygens (including phenoxy) is 1. The molecule has 1 aliphatic carbocycles. The van der Waals surface area contributed by atoms with E-state index in [1.807, 2.05) is 30.3 Å². The minimum Gasteiger partial charge on any atom is -0.452 e. The van der Waals surface area contributed by atoms with Gasteiger partial charge in [0, 0.05) is 31.5 Å². The standard InChI is InChI=1S/C22H25N3O5/c1-13-10-17(24-30-13)11-25-12-18(19(22(25)28)15-6-4-3-5-7-15)20(29-14(2)26)21(27)23-16-8-9-16/h3-7,10,16,18-20H,8-9,11-12H2,1-2H3,(H,23,27)/t18-,19+,20?/m0/s1. The Morgan fingerprint density at radius 3 is 2.63 bits per heavy atom. The van der Waals surface area contributed by atoms with Crippen LogP contribution in [0.15, 0.2) is 40.9 Å². The topological polar surface area (TPSA) is 102 Å². The minimum absolute atomic E-state index is 0.122. The number of hydrogen-bond donors (Lipinski definition) is 1. The minimum atomic E-state index is -1.04. The zero-order chi connectivity index (χ0) is 21.3. The van der Waals surface area contributed by atoms with E-state index < -0.39 is 23.9 Å². The summed E-state index contributed by atoms with van der Waals surface area (Å²) in [6.07, 6.45) is 0.797. The summed E-state index contributed by atoms with van der Waals surface area (Å²) >= 11 is 0. The summed E-state index contributed by atoms with van der Waals surface area (Å²) in [6.45, 7) is 3.62. The quantitative estimate of drug-likeness (QED) is 0.699. The highest BCUT2D eigenvalue weighted by Gasteiger charge is 2.49. The zero-order valence-corrected chi connectivity index (χ0v) is 17.0. The summed E-state index contributed by atoms with van der Waals surface area (Å²) in [5, 5.41) is 6.90. The van der Waals surface area contributed by atoms with Crippen molar-refractivity contribution in [1.29, 1.82) is 0 Å². The van der Waals surface area contributed by atoms with Crippen LogP contribution in [0.4, 0.5) is 0 Å². The predicted octanol–water partition coefficient (Wildman–Crippen LogP) is 1.94. The summed E-state index contributed by atoms with van der Waals surface area (Å²) in [5.74, 6) is -1.44. The van der Waals surface area contributed by atoms with E-state index in [-0.39, 0.29) is 30.9 Å². The molecule has 1 aromatic carbocycles. The number of nitrogens with one attached hydrogen (secondary N) is 1. The molecular formula is C22H25N3O5. The Hall–Kier alpha value is -3.16. The summed E-state index contributed by atoms with van der Waals surface area (Å²) in [7, 11) is 0. The third kappa shape index (κ3) is 4.37. The van der Waals surface area contributed by atoms with Gasteiger partial charge in [-0.3, -0.25) is 14.4 Å². The molecule has 2 heterocycles. The third-order valence-corrected chi connectivity index (χ3v) is 5.49. The first-order valence-corrected chi connectivity index (χ1v) is 10.2. The molecule has 1 aliphatic heterocycles. The van der Waals surface area contributed by atoms with Crippen molar-refractivity contribution in [2.45, 2.75) is 51.3 Å². The molecule has 2 amide bonds. The molecule has 8 nitrogen and oxygen atoms in total. The Morgan fingerprint density at radius 2 is 2.03 bits per heavy atom. The molecule has 1 aromatic heterocycles. The molecule has 0 spiro atoms. The lowest BCUT2D eigenvalue weighted by Crippen LogP contribution is -2.45. The van der Waals surface area contributed by atoms with E-state index in [1.54, 1.807) is 17.9 Å². The number of hydrogen-bond acceptors (Lipinski definition) is 6. The number of aromatic nitrogens is 1. The van der Waals surface area contributed by atoms with Gasteiger partial charge in [0.25, 0.3) is 5.91 Å². The number of aryl methyl sites for hydroxylation is 1. The van der Waals surface area contributed by atoms with E-state index in [9.17, 15) is 14.4 Å². The van der Waals surface area contributed by atoms with Crippen molar-refractivity contribution in [3.63, 3.8) is 0 Å². The highest BCUT2D eigenvalue weighted by atomic mass is 16.5. The second kappa shape index (κ2) is 8.30. The Labute approximate surface area is 174 Å². The Morgan fingerprint density at radius 1 is 1.30 bits per heavy atom. The van der Waals surface area contributed by atoms with Gasteiger partial charge in [0.15, 0.2) is 6.10 Å². The summed E-state index contributed by atoms with van der Waals surface area (Å²) < 4.78 is 10.6. The molecule has 8 heteroatoms. The van der Waals surface area contributed by atoms with Gasteiger partial charge in [-0.15, -0.1) is 0 Å². The number of carbonyl (C=O) groups excluding carboxylic acids is 3. The molecule has 1 N–H and O–H groups in total. The van der Waals surface area contributed by atoms with E-state index in [0.717, 1.165) is 18.4 Å². The lowest BCUT2D eigenvalue weighted by atomic mass is 9.84. The SMILES string of the molecule is CC(=O)OC(C(=O)NC1CC1)[C@H]1CN(Cc2cc(C)on2)C(=O)[C@@H]1c1ccccc1. The molecular weight excluding hydrogens is 386 g/mol. The number of likely N-dealkylation sites (tertiary alicyclic amines) is 1. The molecule has 2 aliphatic rings. The van der Waals surface area contributed by atoms with Crippen LogP contribution in [0.5, 0.6) is 0 Å². The van der Waals surface area contributed by atoms with Gasteiger partial charge in [-0.1, -0.05) is 35.5 Å². The summed E-state index contributed by atoms with van der Waals surface area (Å²) in [6, 6.07) is 11.2.